The van der Waals surface area contributed by atoms with E-state index in [1.165, 1.54) is 32.1 Å². The van der Waals surface area contributed by atoms with Crippen molar-refractivity contribution in [3.05, 3.63) is 29.8 Å². The second kappa shape index (κ2) is 8.67. The molecule has 6 nitrogen and oxygen atoms in total. The van der Waals surface area contributed by atoms with E-state index in [0.29, 0.717) is 5.41 Å². The number of guanidine groups is 1. The molecular formula is C18H30N4O2S. The summed E-state index contributed by atoms with van der Waals surface area (Å²) in [5.74, 6) is 0.820. The van der Waals surface area contributed by atoms with E-state index in [1.807, 2.05) is 0 Å². The highest BCUT2D eigenvalue weighted by Gasteiger charge is 2.31. The maximum absolute atomic E-state index is 11.3. The molecule has 0 bridgehead atoms. The van der Waals surface area contributed by atoms with Gasteiger partial charge in [-0.3, -0.25) is 4.99 Å². The van der Waals surface area contributed by atoms with Crippen LogP contribution in [0.5, 0.6) is 0 Å². The van der Waals surface area contributed by atoms with Gasteiger partial charge in [0.2, 0.25) is 10.0 Å². The summed E-state index contributed by atoms with van der Waals surface area (Å²) in [7, 11) is -1.84. The van der Waals surface area contributed by atoms with Crippen LogP contribution in [-0.4, -0.2) is 34.5 Å². The highest BCUT2D eigenvalue weighted by Crippen LogP contribution is 2.40. The van der Waals surface area contributed by atoms with Gasteiger partial charge in [0, 0.05) is 20.1 Å². The third-order valence-electron chi connectivity index (χ3n) is 5.23. The van der Waals surface area contributed by atoms with Crippen molar-refractivity contribution in [3.8, 4) is 0 Å². The Bertz CT molecular complexity index is 678. The number of rotatable bonds is 7. The average Bonchev–Trinajstić information content (AvgIpc) is 3.07. The summed E-state index contributed by atoms with van der Waals surface area (Å²) in [6.45, 7) is 3.97. The van der Waals surface area contributed by atoms with Gasteiger partial charge >= 0.3 is 0 Å². The van der Waals surface area contributed by atoms with Gasteiger partial charge in [-0.1, -0.05) is 31.9 Å². The van der Waals surface area contributed by atoms with Crippen molar-refractivity contribution < 1.29 is 8.42 Å². The standard InChI is InChI=1S/C18H30N4O2S/c1-3-18(11-4-5-12-18)14-22-17(20-2)21-13-10-15-6-8-16(9-7-15)25(19,23)24/h6-9H,3-5,10-14H2,1-2H3,(H2,19,23,24)(H2,20,21,22). The van der Waals surface area contributed by atoms with Crippen molar-refractivity contribution in [2.24, 2.45) is 15.5 Å². The number of nitrogens with two attached hydrogens (primary N) is 1. The van der Waals surface area contributed by atoms with Gasteiger partial charge in [-0.2, -0.15) is 0 Å². The van der Waals surface area contributed by atoms with Crippen LogP contribution in [0, 0.1) is 5.41 Å². The van der Waals surface area contributed by atoms with Crippen LogP contribution in [-0.2, 0) is 16.4 Å². The van der Waals surface area contributed by atoms with Crippen LogP contribution < -0.4 is 15.8 Å². The van der Waals surface area contributed by atoms with E-state index in [2.05, 4.69) is 22.5 Å². The van der Waals surface area contributed by atoms with Crippen molar-refractivity contribution in [3.63, 3.8) is 0 Å². The molecule has 0 heterocycles. The Morgan fingerprint density at radius 3 is 2.36 bits per heavy atom. The highest BCUT2D eigenvalue weighted by molar-refractivity contribution is 7.89. The Labute approximate surface area is 151 Å². The molecule has 1 saturated carbocycles. The first-order chi connectivity index (χ1) is 11.9. The molecule has 4 N–H and O–H groups in total. The molecule has 1 aliphatic rings. The summed E-state index contributed by atoms with van der Waals surface area (Å²) in [5.41, 5.74) is 1.47. The lowest BCUT2D eigenvalue weighted by Gasteiger charge is -2.28. The SMILES string of the molecule is CCC1(CNC(=NC)NCCc2ccc(S(N)(=O)=O)cc2)CCCC1. The minimum absolute atomic E-state index is 0.142. The summed E-state index contributed by atoms with van der Waals surface area (Å²) in [4.78, 5) is 4.43. The smallest absolute Gasteiger partial charge is 0.238 e. The molecule has 7 heteroatoms. The average molecular weight is 367 g/mol. The fourth-order valence-corrected chi connectivity index (χ4v) is 3.96. The van der Waals surface area contributed by atoms with Gasteiger partial charge in [-0.05, 0) is 48.8 Å². The molecule has 0 saturated heterocycles. The van der Waals surface area contributed by atoms with Crippen molar-refractivity contribution in [1.29, 1.82) is 0 Å². The molecule has 0 radical (unpaired) electrons. The number of hydrogen-bond acceptors (Lipinski definition) is 3. The van der Waals surface area contributed by atoms with Gasteiger partial charge < -0.3 is 10.6 Å². The molecule has 1 aliphatic carbocycles. The second-order valence-electron chi connectivity index (χ2n) is 6.85. The normalized spacial score (nSPS) is 17.5. The van der Waals surface area contributed by atoms with Crippen LogP contribution in [0.4, 0.5) is 0 Å². The topological polar surface area (TPSA) is 96.6 Å². The third kappa shape index (κ3) is 5.71. The van der Waals surface area contributed by atoms with Crippen LogP contribution >= 0.6 is 0 Å². The molecule has 0 amide bonds. The number of sulfonamides is 1. The lowest BCUT2D eigenvalue weighted by Crippen LogP contribution is -2.43. The van der Waals surface area contributed by atoms with E-state index in [4.69, 9.17) is 5.14 Å². The predicted octanol–water partition coefficient (Wildman–Crippen LogP) is 2.01. The van der Waals surface area contributed by atoms with Crippen molar-refractivity contribution in [1.82, 2.24) is 10.6 Å². The Kier molecular flexibility index (Phi) is 6.84. The van der Waals surface area contributed by atoms with Gasteiger partial charge in [0.25, 0.3) is 0 Å². The fraction of sp³-hybridized carbons (Fsp3) is 0.611. The van der Waals surface area contributed by atoms with E-state index in [1.54, 1.807) is 31.3 Å². The van der Waals surface area contributed by atoms with Crippen LogP contribution in [0.3, 0.4) is 0 Å². The van der Waals surface area contributed by atoms with Gasteiger partial charge in [0.15, 0.2) is 5.96 Å². The first kappa shape index (κ1) is 19.7. The van der Waals surface area contributed by atoms with E-state index in [-0.39, 0.29) is 4.90 Å². The maximum atomic E-state index is 11.3. The summed E-state index contributed by atoms with van der Waals surface area (Å²) < 4.78 is 22.5. The quantitative estimate of drug-likeness (QED) is 0.508. The zero-order chi connectivity index (χ0) is 18.3. The first-order valence-electron chi connectivity index (χ1n) is 8.95. The van der Waals surface area contributed by atoms with Crippen LogP contribution in [0.1, 0.15) is 44.6 Å². The lowest BCUT2D eigenvalue weighted by molar-refractivity contribution is 0.283. The number of primary sulfonamides is 1. The van der Waals surface area contributed by atoms with Gasteiger partial charge in [0.05, 0.1) is 4.90 Å². The molecule has 0 aliphatic heterocycles. The van der Waals surface area contributed by atoms with E-state index < -0.39 is 10.0 Å². The number of aliphatic imine (C=N–C) groups is 1. The number of hydrogen-bond donors (Lipinski definition) is 3. The zero-order valence-corrected chi connectivity index (χ0v) is 16.0. The van der Waals surface area contributed by atoms with Gasteiger partial charge in [-0.15, -0.1) is 0 Å². The summed E-state index contributed by atoms with van der Waals surface area (Å²) in [5, 5.41) is 11.9. The zero-order valence-electron chi connectivity index (χ0n) is 15.2. The largest absolute Gasteiger partial charge is 0.356 e. The molecule has 1 fully saturated rings. The Morgan fingerprint density at radius 2 is 1.84 bits per heavy atom. The summed E-state index contributed by atoms with van der Waals surface area (Å²) in [6, 6.07) is 6.68. The molecule has 0 spiro atoms. The maximum Gasteiger partial charge on any atom is 0.238 e. The molecule has 1 aromatic carbocycles. The minimum atomic E-state index is -3.63. The van der Waals surface area contributed by atoms with Crippen molar-refractivity contribution >= 4 is 16.0 Å². The predicted molar refractivity (Wildman–Crippen MR) is 102 cm³/mol. The Balaban J connectivity index is 1.79. The van der Waals surface area contributed by atoms with Crippen molar-refractivity contribution in [2.45, 2.75) is 50.3 Å². The highest BCUT2D eigenvalue weighted by atomic mass is 32.2. The molecular weight excluding hydrogens is 336 g/mol. The van der Waals surface area contributed by atoms with E-state index in [9.17, 15) is 8.42 Å². The second-order valence-corrected chi connectivity index (χ2v) is 8.41. The van der Waals surface area contributed by atoms with Crippen LogP contribution in [0.2, 0.25) is 0 Å². The molecule has 0 unspecified atom stereocenters. The van der Waals surface area contributed by atoms with E-state index in [0.717, 1.165) is 31.0 Å². The number of nitrogens with one attached hydrogen (secondary N) is 2. The summed E-state index contributed by atoms with van der Waals surface area (Å²) in [6.07, 6.45) is 7.23. The van der Waals surface area contributed by atoms with Crippen molar-refractivity contribution in [2.75, 3.05) is 20.1 Å². The lowest BCUT2D eigenvalue weighted by atomic mass is 9.83. The molecule has 0 atom stereocenters. The van der Waals surface area contributed by atoms with E-state index >= 15 is 0 Å². The molecule has 140 valence electrons. The molecule has 0 aromatic heterocycles. The minimum Gasteiger partial charge on any atom is -0.356 e. The summed E-state index contributed by atoms with van der Waals surface area (Å²) >= 11 is 0. The fourth-order valence-electron chi connectivity index (χ4n) is 3.44. The Hall–Kier alpha value is -1.60. The molecule has 25 heavy (non-hydrogen) atoms. The van der Waals surface area contributed by atoms with Gasteiger partial charge in [0.1, 0.15) is 0 Å². The van der Waals surface area contributed by atoms with Crippen LogP contribution in [0.15, 0.2) is 34.2 Å². The number of benzene rings is 1. The Morgan fingerprint density at radius 1 is 1.20 bits per heavy atom. The monoisotopic (exact) mass is 366 g/mol. The molecule has 2 rings (SSSR count). The number of nitrogens with zero attached hydrogens (tertiary/aromatic N) is 1. The van der Waals surface area contributed by atoms with Crippen LogP contribution in [0.25, 0.3) is 0 Å². The molecule has 1 aromatic rings. The third-order valence-corrected chi connectivity index (χ3v) is 6.16. The first-order valence-corrected chi connectivity index (χ1v) is 10.5. The van der Waals surface area contributed by atoms with Gasteiger partial charge in [-0.25, -0.2) is 13.6 Å².